The second-order valence-electron chi connectivity index (χ2n) is 6.57. The lowest BCUT2D eigenvalue weighted by atomic mass is 9.85. The number of aliphatic carboxylic acids is 1. The molecule has 0 atom stereocenters. The second kappa shape index (κ2) is 7.78. The van der Waals surface area contributed by atoms with Crippen LogP contribution in [0.4, 0.5) is 0 Å². The van der Waals surface area contributed by atoms with Crippen LogP contribution < -0.4 is 5.32 Å². The Kier molecular flexibility index (Phi) is 6.03. The summed E-state index contributed by atoms with van der Waals surface area (Å²) in [5, 5.41) is 12.1. The zero-order valence-corrected chi connectivity index (χ0v) is 12.7. The highest BCUT2D eigenvalue weighted by Gasteiger charge is 2.36. The van der Waals surface area contributed by atoms with Crippen LogP contribution in [-0.2, 0) is 14.3 Å². The van der Waals surface area contributed by atoms with Crippen LogP contribution in [0.15, 0.2) is 0 Å². The Morgan fingerprint density at radius 3 is 2.29 bits per heavy atom. The summed E-state index contributed by atoms with van der Waals surface area (Å²) in [5.74, 6) is -0.370. The molecular weight excluding hydrogens is 270 g/mol. The van der Waals surface area contributed by atoms with E-state index in [1.165, 1.54) is 25.7 Å². The normalized spacial score (nSPS) is 23.2. The summed E-state index contributed by atoms with van der Waals surface area (Å²) in [4.78, 5) is 23.4. The Hall–Kier alpha value is -1.10. The molecule has 0 unspecified atom stereocenters. The van der Waals surface area contributed by atoms with Crippen LogP contribution in [0.2, 0.25) is 0 Å². The largest absolute Gasteiger partial charge is 0.481 e. The third-order valence-corrected chi connectivity index (χ3v) is 4.79. The highest BCUT2D eigenvalue weighted by Crippen LogP contribution is 2.28. The number of nitrogens with one attached hydrogen (secondary N) is 1. The first-order valence-electron chi connectivity index (χ1n) is 8.20. The summed E-state index contributed by atoms with van der Waals surface area (Å²) in [5.41, 5.74) is -0.605. The van der Waals surface area contributed by atoms with Crippen LogP contribution in [0.5, 0.6) is 0 Å². The van der Waals surface area contributed by atoms with Crippen molar-refractivity contribution in [3.05, 3.63) is 0 Å². The molecule has 0 aromatic carbocycles. The topological polar surface area (TPSA) is 75.6 Å². The molecule has 1 saturated heterocycles. The van der Waals surface area contributed by atoms with E-state index >= 15 is 0 Å². The summed E-state index contributed by atoms with van der Waals surface area (Å²) >= 11 is 0. The van der Waals surface area contributed by atoms with Gasteiger partial charge in [0.05, 0.1) is 12.0 Å². The van der Waals surface area contributed by atoms with Crippen LogP contribution >= 0.6 is 0 Å². The molecule has 2 rings (SSSR count). The molecule has 0 aromatic heterocycles. The summed E-state index contributed by atoms with van der Waals surface area (Å²) in [6, 6.07) is 0. The molecule has 0 radical (unpaired) electrons. The lowest BCUT2D eigenvalue weighted by Crippen LogP contribution is -2.53. The monoisotopic (exact) mass is 297 g/mol. The molecule has 0 bridgehead atoms. The third kappa shape index (κ3) is 5.30. The summed E-state index contributed by atoms with van der Waals surface area (Å²) in [6.07, 6.45) is 8.96. The van der Waals surface area contributed by atoms with Crippen molar-refractivity contribution in [2.24, 2.45) is 5.92 Å². The zero-order valence-electron chi connectivity index (χ0n) is 12.7. The van der Waals surface area contributed by atoms with Gasteiger partial charge in [0.15, 0.2) is 0 Å². The number of amides is 1. The molecule has 2 aliphatic rings. The predicted molar refractivity (Wildman–Crippen MR) is 79.0 cm³/mol. The van der Waals surface area contributed by atoms with E-state index in [2.05, 4.69) is 5.32 Å². The Balaban J connectivity index is 1.89. The molecule has 1 amide bonds. The molecule has 21 heavy (non-hydrogen) atoms. The second-order valence-corrected chi connectivity index (χ2v) is 6.57. The maximum Gasteiger partial charge on any atom is 0.305 e. The zero-order chi connectivity index (χ0) is 15.1. The molecule has 5 nitrogen and oxygen atoms in total. The molecule has 5 heteroatoms. The van der Waals surface area contributed by atoms with Gasteiger partial charge >= 0.3 is 5.97 Å². The number of rotatable bonds is 5. The van der Waals surface area contributed by atoms with Gasteiger partial charge in [-0.1, -0.05) is 25.7 Å². The molecule has 1 aliphatic heterocycles. The first-order valence-corrected chi connectivity index (χ1v) is 8.20. The van der Waals surface area contributed by atoms with Crippen molar-refractivity contribution in [1.82, 2.24) is 5.32 Å². The number of carbonyl (C=O) groups is 2. The van der Waals surface area contributed by atoms with Crippen LogP contribution in [0, 0.1) is 5.92 Å². The van der Waals surface area contributed by atoms with E-state index in [0.29, 0.717) is 38.4 Å². The number of hydrogen-bond acceptors (Lipinski definition) is 3. The van der Waals surface area contributed by atoms with Crippen LogP contribution in [0.3, 0.4) is 0 Å². The third-order valence-electron chi connectivity index (χ3n) is 4.79. The number of carboxylic acids is 1. The summed E-state index contributed by atoms with van der Waals surface area (Å²) in [7, 11) is 0. The highest BCUT2D eigenvalue weighted by atomic mass is 16.5. The standard InChI is InChI=1S/C16H27NO4/c18-14(11-13-5-3-1-2-4-6-13)17-16(12-15(19)20)7-9-21-10-8-16/h13H,1-12H2,(H,17,18)(H,19,20). The molecule has 1 aliphatic carbocycles. The van der Waals surface area contributed by atoms with Crippen LogP contribution in [0.25, 0.3) is 0 Å². The minimum absolute atomic E-state index is 0.00718. The van der Waals surface area contributed by atoms with Gasteiger partial charge in [0, 0.05) is 19.6 Å². The van der Waals surface area contributed by atoms with Gasteiger partial charge in [-0.05, 0) is 31.6 Å². The molecule has 2 N–H and O–H groups in total. The highest BCUT2D eigenvalue weighted by molar-refractivity contribution is 5.78. The average Bonchev–Trinajstić information content (AvgIpc) is 2.67. The van der Waals surface area contributed by atoms with Crippen molar-refractivity contribution < 1.29 is 19.4 Å². The van der Waals surface area contributed by atoms with Crippen LogP contribution in [0.1, 0.15) is 64.2 Å². The SMILES string of the molecule is O=C(O)CC1(NC(=O)CC2CCCCCC2)CCOCC1. The quantitative estimate of drug-likeness (QED) is 0.764. The van der Waals surface area contributed by atoms with Gasteiger partial charge in [-0.15, -0.1) is 0 Å². The number of carboxylic acid groups (broad SMARTS) is 1. The van der Waals surface area contributed by atoms with Gasteiger partial charge in [0.25, 0.3) is 0 Å². The van der Waals surface area contributed by atoms with E-state index in [4.69, 9.17) is 9.84 Å². The smallest absolute Gasteiger partial charge is 0.305 e. The molecule has 1 saturated carbocycles. The predicted octanol–water partition coefficient (Wildman–Crippen LogP) is 2.49. The maximum atomic E-state index is 12.3. The van der Waals surface area contributed by atoms with Crippen molar-refractivity contribution in [1.29, 1.82) is 0 Å². The fourth-order valence-electron chi connectivity index (χ4n) is 3.57. The van der Waals surface area contributed by atoms with Crippen molar-refractivity contribution >= 4 is 11.9 Å². The first-order chi connectivity index (χ1) is 10.1. The average molecular weight is 297 g/mol. The van der Waals surface area contributed by atoms with Gasteiger partial charge < -0.3 is 15.2 Å². The minimum Gasteiger partial charge on any atom is -0.481 e. The molecule has 0 spiro atoms. The number of carbonyl (C=O) groups excluding carboxylic acids is 1. The molecule has 120 valence electrons. The minimum atomic E-state index is -0.855. The van der Waals surface area contributed by atoms with Crippen molar-refractivity contribution in [3.63, 3.8) is 0 Å². The van der Waals surface area contributed by atoms with Crippen LogP contribution in [-0.4, -0.2) is 35.7 Å². The maximum absolute atomic E-state index is 12.3. The van der Waals surface area contributed by atoms with E-state index in [9.17, 15) is 9.59 Å². The lowest BCUT2D eigenvalue weighted by Gasteiger charge is -2.37. The molecular formula is C16H27NO4. The van der Waals surface area contributed by atoms with Gasteiger partial charge in [0.2, 0.25) is 5.91 Å². The van der Waals surface area contributed by atoms with E-state index < -0.39 is 11.5 Å². The molecule has 2 fully saturated rings. The Labute approximate surface area is 126 Å². The van der Waals surface area contributed by atoms with Gasteiger partial charge in [-0.25, -0.2) is 0 Å². The van der Waals surface area contributed by atoms with E-state index in [0.717, 1.165) is 12.8 Å². The van der Waals surface area contributed by atoms with Crippen molar-refractivity contribution in [3.8, 4) is 0 Å². The Morgan fingerprint density at radius 1 is 1.10 bits per heavy atom. The molecule has 1 heterocycles. The summed E-state index contributed by atoms with van der Waals surface area (Å²) < 4.78 is 5.31. The first kappa shape index (κ1) is 16.3. The fraction of sp³-hybridized carbons (Fsp3) is 0.875. The number of ether oxygens (including phenoxy) is 1. The van der Waals surface area contributed by atoms with Gasteiger partial charge in [-0.3, -0.25) is 9.59 Å². The lowest BCUT2D eigenvalue weighted by molar-refractivity contribution is -0.140. The Morgan fingerprint density at radius 2 is 1.71 bits per heavy atom. The number of hydrogen-bond donors (Lipinski definition) is 2. The molecule has 0 aromatic rings. The van der Waals surface area contributed by atoms with Gasteiger partial charge in [0.1, 0.15) is 0 Å². The summed E-state index contributed by atoms with van der Waals surface area (Å²) in [6.45, 7) is 1.05. The van der Waals surface area contributed by atoms with Gasteiger partial charge in [-0.2, -0.15) is 0 Å². The fourth-order valence-corrected chi connectivity index (χ4v) is 3.57. The van der Waals surface area contributed by atoms with Crippen molar-refractivity contribution in [2.45, 2.75) is 69.7 Å². The van der Waals surface area contributed by atoms with E-state index in [1.54, 1.807) is 0 Å². The van der Waals surface area contributed by atoms with E-state index in [-0.39, 0.29) is 12.3 Å². The van der Waals surface area contributed by atoms with E-state index in [1.807, 2.05) is 0 Å². The Bertz CT molecular complexity index is 355. The van der Waals surface area contributed by atoms with Crippen molar-refractivity contribution in [2.75, 3.05) is 13.2 Å².